The highest BCUT2D eigenvalue weighted by Gasteiger charge is 2.44. The van der Waals surface area contributed by atoms with E-state index in [1.54, 1.807) is 19.9 Å². The van der Waals surface area contributed by atoms with E-state index in [-0.39, 0.29) is 0 Å². The quantitative estimate of drug-likeness (QED) is 0.537. The molecule has 14 heavy (non-hydrogen) atoms. The average molecular weight is 196 g/mol. The van der Waals surface area contributed by atoms with Crippen molar-refractivity contribution >= 4 is 5.97 Å². The molecule has 0 spiro atoms. The second-order valence-corrected chi connectivity index (χ2v) is 3.60. The Morgan fingerprint density at radius 3 is 3.00 bits per heavy atom. The number of carbonyl (C=O) groups excluding carboxylic acids is 1. The molecule has 0 radical (unpaired) electrons. The van der Waals surface area contributed by atoms with Crippen LogP contribution < -0.4 is 0 Å². The second kappa shape index (κ2) is 3.96. The van der Waals surface area contributed by atoms with E-state index in [1.807, 2.05) is 6.08 Å². The normalized spacial score (nSPS) is 31.6. The predicted octanol–water partition coefficient (Wildman–Crippen LogP) is 1.43. The average Bonchev–Trinajstić information content (AvgIpc) is 2.14. The molecule has 78 valence electrons. The molecule has 1 N–H and O–H groups in total. The zero-order valence-corrected chi connectivity index (χ0v) is 8.62. The van der Waals surface area contributed by atoms with Crippen molar-refractivity contribution in [3.8, 4) is 0 Å². The predicted molar refractivity (Wildman–Crippen MR) is 53.6 cm³/mol. The third-order valence-electron chi connectivity index (χ3n) is 2.71. The van der Waals surface area contributed by atoms with Crippen LogP contribution in [-0.4, -0.2) is 23.8 Å². The Bertz CT molecular complexity index is 280. The Labute approximate surface area is 84.1 Å². The maximum absolute atomic E-state index is 11.7. The van der Waals surface area contributed by atoms with Gasteiger partial charge in [0, 0.05) is 0 Å². The molecule has 0 aromatic heterocycles. The van der Waals surface area contributed by atoms with E-state index in [4.69, 9.17) is 4.74 Å². The highest BCUT2D eigenvalue weighted by Crippen LogP contribution is 2.37. The summed E-state index contributed by atoms with van der Waals surface area (Å²) in [6.07, 6.45) is 3.22. The molecule has 0 aromatic rings. The molecule has 1 aliphatic rings. The molecule has 2 atom stereocenters. The van der Waals surface area contributed by atoms with Crippen LogP contribution in [0.1, 0.15) is 20.3 Å². The van der Waals surface area contributed by atoms with Gasteiger partial charge in [-0.05, 0) is 20.3 Å². The standard InChI is InChI=1S/C11H16O3/c1-4-14-10(13)11(3)8(2)6-5-7-9(11)12/h5,7,9,12H,2,4,6H2,1,3H3/t9-,11-/m0/s1. The third kappa shape index (κ3) is 1.60. The fourth-order valence-electron chi connectivity index (χ4n) is 1.50. The summed E-state index contributed by atoms with van der Waals surface area (Å²) in [4.78, 5) is 11.7. The van der Waals surface area contributed by atoms with Gasteiger partial charge in [-0.1, -0.05) is 24.3 Å². The maximum Gasteiger partial charge on any atom is 0.318 e. The number of esters is 1. The minimum atomic E-state index is -0.981. The second-order valence-electron chi connectivity index (χ2n) is 3.60. The topological polar surface area (TPSA) is 46.5 Å². The molecule has 3 heteroatoms. The summed E-state index contributed by atoms with van der Waals surface area (Å²) in [6.45, 7) is 7.54. The number of hydrogen-bond donors (Lipinski definition) is 1. The number of ether oxygens (including phenoxy) is 1. The van der Waals surface area contributed by atoms with Crippen molar-refractivity contribution in [2.75, 3.05) is 6.61 Å². The summed E-state index contributed by atoms with van der Waals surface area (Å²) in [5.74, 6) is -0.401. The lowest BCUT2D eigenvalue weighted by atomic mass is 9.73. The highest BCUT2D eigenvalue weighted by atomic mass is 16.5. The van der Waals surface area contributed by atoms with Crippen LogP contribution in [0.3, 0.4) is 0 Å². The van der Waals surface area contributed by atoms with E-state index < -0.39 is 17.5 Å². The van der Waals surface area contributed by atoms with Crippen molar-refractivity contribution in [1.29, 1.82) is 0 Å². The SMILES string of the molecule is C=C1CC=C[C@H](O)[C@@]1(C)C(=O)OCC. The number of carbonyl (C=O) groups is 1. The third-order valence-corrected chi connectivity index (χ3v) is 2.71. The summed E-state index contributed by atoms with van der Waals surface area (Å²) in [5, 5.41) is 9.75. The minimum Gasteiger partial charge on any atom is -0.465 e. The van der Waals surface area contributed by atoms with Crippen LogP contribution in [0.15, 0.2) is 24.3 Å². The van der Waals surface area contributed by atoms with Crippen LogP contribution in [0, 0.1) is 5.41 Å². The lowest BCUT2D eigenvalue weighted by molar-refractivity contribution is -0.156. The lowest BCUT2D eigenvalue weighted by Gasteiger charge is -2.34. The van der Waals surface area contributed by atoms with Gasteiger partial charge in [0.1, 0.15) is 5.41 Å². The van der Waals surface area contributed by atoms with Gasteiger partial charge in [-0.2, -0.15) is 0 Å². The van der Waals surface area contributed by atoms with E-state index in [0.29, 0.717) is 18.6 Å². The van der Waals surface area contributed by atoms with Gasteiger partial charge in [-0.15, -0.1) is 0 Å². The first-order valence-electron chi connectivity index (χ1n) is 4.73. The molecule has 0 heterocycles. The van der Waals surface area contributed by atoms with Gasteiger partial charge in [-0.3, -0.25) is 4.79 Å². The molecule has 0 amide bonds. The van der Waals surface area contributed by atoms with E-state index in [0.717, 1.165) is 0 Å². The number of aliphatic hydroxyl groups is 1. The van der Waals surface area contributed by atoms with E-state index >= 15 is 0 Å². The number of allylic oxidation sites excluding steroid dienone is 1. The molecule has 1 rings (SSSR count). The van der Waals surface area contributed by atoms with Crippen molar-refractivity contribution in [3.05, 3.63) is 24.3 Å². The van der Waals surface area contributed by atoms with Gasteiger partial charge in [0.2, 0.25) is 0 Å². The van der Waals surface area contributed by atoms with Gasteiger partial charge < -0.3 is 9.84 Å². The lowest BCUT2D eigenvalue weighted by Crippen LogP contribution is -2.43. The summed E-state index contributed by atoms with van der Waals surface area (Å²) >= 11 is 0. The zero-order valence-electron chi connectivity index (χ0n) is 8.62. The molecule has 0 saturated carbocycles. The Kier molecular flexibility index (Phi) is 3.11. The van der Waals surface area contributed by atoms with Gasteiger partial charge in [0.05, 0.1) is 12.7 Å². The van der Waals surface area contributed by atoms with Crippen molar-refractivity contribution < 1.29 is 14.6 Å². The summed E-state index contributed by atoms with van der Waals surface area (Å²) in [7, 11) is 0. The van der Waals surface area contributed by atoms with Crippen LogP contribution in [0.25, 0.3) is 0 Å². The summed E-state index contributed by atoms with van der Waals surface area (Å²) in [6, 6.07) is 0. The Hall–Kier alpha value is -1.09. The molecular weight excluding hydrogens is 180 g/mol. The van der Waals surface area contributed by atoms with Crippen molar-refractivity contribution in [3.63, 3.8) is 0 Å². The van der Waals surface area contributed by atoms with E-state index in [2.05, 4.69) is 6.58 Å². The minimum absolute atomic E-state index is 0.318. The molecule has 0 unspecified atom stereocenters. The molecule has 0 saturated heterocycles. The highest BCUT2D eigenvalue weighted by molar-refractivity contribution is 5.81. The Morgan fingerprint density at radius 1 is 1.86 bits per heavy atom. The smallest absolute Gasteiger partial charge is 0.318 e. The van der Waals surface area contributed by atoms with Crippen LogP contribution >= 0.6 is 0 Å². The first-order chi connectivity index (χ1) is 6.53. The van der Waals surface area contributed by atoms with E-state index in [9.17, 15) is 9.90 Å². The molecule has 0 fully saturated rings. The van der Waals surface area contributed by atoms with Crippen molar-refractivity contribution in [2.45, 2.75) is 26.4 Å². The number of hydrogen-bond acceptors (Lipinski definition) is 3. The van der Waals surface area contributed by atoms with Crippen molar-refractivity contribution in [2.24, 2.45) is 5.41 Å². The van der Waals surface area contributed by atoms with Crippen LogP contribution in [-0.2, 0) is 9.53 Å². The first kappa shape index (κ1) is 11.0. The zero-order chi connectivity index (χ0) is 10.8. The molecule has 0 aromatic carbocycles. The van der Waals surface area contributed by atoms with Crippen LogP contribution in [0.5, 0.6) is 0 Å². The van der Waals surface area contributed by atoms with Gasteiger partial charge in [0.25, 0.3) is 0 Å². The molecule has 0 bridgehead atoms. The number of rotatable bonds is 2. The van der Waals surface area contributed by atoms with Gasteiger partial charge in [-0.25, -0.2) is 0 Å². The van der Waals surface area contributed by atoms with Crippen LogP contribution in [0.2, 0.25) is 0 Å². The first-order valence-corrected chi connectivity index (χ1v) is 4.73. The fourth-order valence-corrected chi connectivity index (χ4v) is 1.50. The largest absolute Gasteiger partial charge is 0.465 e. The summed E-state index contributed by atoms with van der Waals surface area (Å²) < 4.78 is 4.93. The van der Waals surface area contributed by atoms with Gasteiger partial charge in [0.15, 0.2) is 0 Å². The fraction of sp³-hybridized carbons (Fsp3) is 0.545. The Morgan fingerprint density at radius 2 is 2.50 bits per heavy atom. The molecular formula is C11H16O3. The van der Waals surface area contributed by atoms with Gasteiger partial charge >= 0.3 is 5.97 Å². The molecule has 0 aliphatic heterocycles. The maximum atomic E-state index is 11.7. The molecule has 3 nitrogen and oxygen atoms in total. The van der Waals surface area contributed by atoms with E-state index in [1.165, 1.54) is 0 Å². The molecule has 1 aliphatic carbocycles. The summed E-state index contributed by atoms with van der Waals surface area (Å²) in [5.41, 5.74) is -0.281. The van der Waals surface area contributed by atoms with Crippen LogP contribution in [0.4, 0.5) is 0 Å². The monoisotopic (exact) mass is 196 g/mol. The number of aliphatic hydroxyl groups excluding tert-OH is 1. The Balaban J connectivity index is 2.94. The van der Waals surface area contributed by atoms with Crippen molar-refractivity contribution in [1.82, 2.24) is 0 Å².